The van der Waals surface area contributed by atoms with E-state index in [9.17, 15) is 0 Å². The first-order valence-corrected chi connectivity index (χ1v) is 5.51. The molecule has 2 atom stereocenters. The number of hydrogen-bond donors (Lipinski definition) is 0. The molecular weight excluding hydrogens is 162 g/mol. The van der Waals surface area contributed by atoms with Crippen LogP contribution in [-0.4, -0.2) is 37.2 Å². The van der Waals surface area contributed by atoms with Crippen LogP contribution in [0.4, 0.5) is 0 Å². The van der Waals surface area contributed by atoms with E-state index >= 15 is 0 Å². The van der Waals surface area contributed by atoms with E-state index in [-0.39, 0.29) is 0 Å². The largest absolute Gasteiger partial charge is 0.378 e. The van der Waals surface area contributed by atoms with Crippen molar-refractivity contribution in [3.8, 4) is 0 Å². The van der Waals surface area contributed by atoms with Crippen molar-refractivity contribution < 1.29 is 4.74 Å². The smallest absolute Gasteiger partial charge is 0.0619 e. The van der Waals surface area contributed by atoms with Crippen LogP contribution < -0.4 is 0 Å². The lowest BCUT2D eigenvalue weighted by Crippen LogP contribution is -2.46. The normalized spacial score (nSPS) is 27.9. The molecule has 13 heavy (non-hydrogen) atoms. The molecule has 0 aromatic rings. The van der Waals surface area contributed by atoms with Gasteiger partial charge in [0, 0.05) is 12.1 Å². The number of nitrogens with zero attached hydrogens (tertiary/aromatic N) is 1. The van der Waals surface area contributed by atoms with Crippen molar-refractivity contribution in [2.75, 3.05) is 20.3 Å². The van der Waals surface area contributed by atoms with Crippen molar-refractivity contribution >= 4 is 0 Å². The maximum atomic E-state index is 5.32. The summed E-state index contributed by atoms with van der Waals surface area (Å²) in [5.41, 5.74) is 0. The standard InChI is InChI=1S/C7H15NO.2C2H6/c1-6-4-9-5-7(2)8(6)3;2*1-2/h6-7H,4-5H2,1-3H3;2*1-2H3. The topological polar surface area (TPSA) is 12.5 Å². The molecule has 0 bridgehead atoms. The predicted octanol–water partition coefficient (Wildman–Crippen LogP) is 2.78. The number of morpholine rings is 1. The first-order chi connectivity index (χ1) is 6.22. The van der Waals surface area contributed by atoms with Gasteiger partial charge in [-0.25, -0.2) is 0 Å². The highest BCUT2D eigenvalue weighted by molar-refractivity contribution is 4.73. The Morgan fingerprint density at radius 2 is 1.23 bits per heavy atom. The minimum Gasteiger partial charge on any atom is -0.378 e. The summed E-state index contributed by atoms with van der Waals surface area (Å²) < 4.78 is 5.32. The third-order valence-electron chi connectivity index (χ3n) is 2.11. The summed E-state index contributed by atoms with van der Waals surface area (Å²) in [6.45, 7) is 14.2. The molecule has 1 rings (SSSR count). The Hall–Kier alpha value is -0.0800. The first kappa shape index (κ1) is 15.4. The van der Waals surface area contributed by atoms with E-state index in [0.29, 0.717) is 12.1 Å². The molecular formula is C11H27NO. The van der Waals surface area contributed by atoms with Gasteiger partial charge in [-0.1, -0.05) is 27.7 Å². The average molecular weight is 189 g/mol. The van der Waals surface area contributed by atoms with Gasteiger partial charge in [0.1, 0.15) is 0 Å². The number of hydrogen-bond acceptors (Lipinski definition) is 2. The van der Waals surface area contributed by atoms with Crippen LogP contribution in [0.1, 0.15) is 41.5 Å². The molecule has 1 saturated heterocycles. The van der Waals surface area contributed by atoms with E-state index in [4.69, 9.17) is 4.74 Å². The van der Waals surface area contributed by atoms with E-state index in [0.717, 1.165) is 13.2 Å². The highest BCUT2D eigenvalue weighted by atomic mass is 16.5. The van der Waals surface area contributed by atoms with Crippen molar-refractivity contribution in [2.45, 2.75) is 53.6 Å². The molecule has 1 heterocycles. The molecule has 0 N–H and O–H groups in total. The fraction of sp³-hybridized carbons (Fsp3) is 1.00. The van der Waals surface area contributed by atoms with E-state index in [1.165, 1.54) is 0 Å². The Labute approximate surface area is 84.3 Å². The zero-order chi connectivity index (χ0) is 10.9. The Bertz CT molecular complexity index is 86.1. The minimum atomic E-state index is 0.591. The van der Waals surface area contributed by atoms with Crippen LogP contribution in [0.3, 0.4) is 0 Å². The Balaban J connectivity index is 0. The van der Waals surface area contributed by atoms with Gasteiger partial charge in [-0.15, -0.1) is 0 Å². The van der Waals surface area contributed by atoms with Crippen molar-refractivity contribution in [3.05, 3.63) is 0 Å². The summed E-state index contributed by atoms with van der Waals surface area (Å²) in [4.78, 5) is 2.35. The highest BCUT2D eigenvalue weighted by Gasteiger charge is 2.20. The number of likely N-dealkylation sites (N-methyl/N-ethyl adjacent to an activating group) is 1. The van der Waals surface area contributed by atoms with Gasteiger partial charge in [0.2, 0.25) is 0 Å². The lowest BCUT2D eigenvalue weighted by Gasteiger charge is -2.35. The highest BCUT2D eigenvalue weighted by Crippen LogP contribution is 2.08. The number of rotatable bonds is 0. The molecule has 0 aromatic carbocycles. The van der Waals surface area contributed by atoms with Crippen LogP contribution in [-0.2, 0) is 4.74 Å². The van der Waals surface area contributed by atoms with E-state index in [2.05, 4.69) is 25.8 Å². The third kappa shape index (κ3) is 6.05. The molecule has 1 fully saturated rings. The van der Waals surface area contributed by atoms with Crippen LogP contribution in [0.15, 0.2) is 0 Å². The summed E-state index contributed by atoms with van der Waals surface area (Å²) in [7, 11) is 2.15. The molecule has 2 nitrogen and oxygen atoms in total. The van der Waals surface area contributed by atoms with Gasteiger partial charge in [0.15, 0.2) is 0 Å². The second-order valence-corrected chi connectivity index (χ2v) is 2.90. The van der Waals surface area contributed by atoms with E-state index < -0.39 is 0 Å². The van der Waals surface area contributed by atoms with Crippen LogP contribution in [0.2, 0.25) is 0 Å². The number of ether oxygens (including phenoxy) is 1. The van der Waals surface area contributed by atoms with Gasteiger partial charge in [0.25, 0.3) is 0 Å². The Morgan fingerprint density at radius 1 is 0.923 bits per heavy atom. The molecule has 1 aliphatic rings. The molecule has 2 heteroatoms. The lowest BCUT2D eigenvalue weighted by atomic mass is 10.2. The fourth-order valence-corrected chi connectivity index (χ4v) is 1.08. The van der Waals surface area contributed by atoms with E-state index in [1.807, 2.05) is 27.7 Å². The molecule has 0 radical (unpaired) electrons. The zero-order valence-electron chi connectivity index (χ0n) is 10.4. The predicted molar refractivity (Wildman–Crippen MR) is 60.2 cm³/mol. The van der Waals surface area contributed by atoms with Crippen molar-refractivity contribution in [2.24, 2.45) is 0 Å². The summed E-state index contributed by atoms with van der Waals surface area (Å²) in [6.07, 6.45) is 0. The minimum absolute atomic E-state index is 0.591. The van der Waals surface area contributed by atoms with Gasteiger partial charge in [-0.3, -0.25) is 4.90 Å². The molecule has 0 aliphatic carbocycles. The van der Waals surface area contributed by atoms with Crippen molar-refractivity contribution in [3.63, 3.8) is 0 Å². The lowest BCUT2D eigenvalue weighted by molar-refractivity contribution is -0.0227. The average Bonchev–Trinajstić information content (AvgIpc) is 2.20. The summed E-state index contributed by atoms with van der Waals surface area (Å²) in [5, 5.41) is 0. The molecule has 0 saturated carbocycles. The van der Waals surface area contributed by atoms with E-state index in [1.54, 1.807) is 0 Å². The fourth-order valence-electron chi connectivity index (χ4n) is 1.08. The molecule has 0 aromatic heterocycles. The quantitative estimate of drug-likeness (QED) is 0.581. The van der Waals surface area contributed by atoms with Gasteiger partial charge >= 0.3 is 0 Å². The second kappa shape index (κ2) is 10.0. The monoisotopic (exact) mass is 189 g/mol. The second-order valence-electron chi connectivity index (χ2n) is 2.90. The van der Waals surface area contributed by atoms with Crippen molar-refractivity contribution in [1.82, 2.24) is 4.90 Å². The van der Waals surface area contributed by atoms with Crippen LogP contribution in [0.25, 0.3) is 0 Å². The molecule has 82 valence electrons. The zero-order valence-corrected chi connectivity index (χ0v) is 10.4. The molecule has 1 aliphatic heterocycles. The molecule has 0 spiro atoms. The van der Waals surface area contributed by atoms with Crippen LogP contribution in [0, 0.1) is 0 Å². The first-order valence-electron chi connectivity index (χ1n) is 5.51. The Kier molecular flexibility index (Phi) is 11.8. The molecule has 2 unspecified atom stereocenters. The molecule has 0 amide bonds. The van der Waals surface area contributed by atoms with Crippen molar-refractivity contribution in [1.29, 1.82) is 0 Å². The SMILES string of the molecule is CC.CC.CC1COCC(C)N1C. The Morgan fingerprint density at radius 3 is 1.46 bits per heavy atom. The van der Waals surface area contributed by atoms with Crippen LogP contribution in [0.5, 0.6) is 0 Å². The van der Waals surface area contributed by atoms with Gasteiger partial charge < -0.3 is 4.74 Å². The van der Waals surface area contributed by atoms with Gasteiger partial charge in [-0.05, 0) is 20.9 Å². The van der Waals surface area contributed by atoms with Gasteiger partial charge in [0.05, 0.1) is 13.2 Å². The summed E-state index contributed by atoms with van der Waals surface area (Å²) in [5.74, 6) is 0. The summed E-state index contributed by atoms with van der Waals surface area (Å²) in [6, 6.07) is 1.18. The van der Waals surface area contributed by atoms with Crippen LogP contribution >= 0.6 is 0 Å². The maximum Gasteiger partial charge on any atom is 0.0619 e. The third-order valence-corrected chi connectivity index (χ3v) is 2.11. The maximum absolute atomic E-state index is 5.32. The summed E-state index contributed by atoms with van der Waals surface area (Å²) >= 11 is 0. The van der Waals surface area contributed by atoms with Gasteiger partial charge in [-0.2, -0.15) is 0 Å².